The minimum absolute atomic E-state index is 0.181. The Morgan fingerprint density at radius 1 is 1.53 bits per heavy atom. The molecule has 0 amide bonds. The number of carbonyl (C=O) groups excluding carboxylic acids is 1. The number of carbonyl (C=O) groups is 1. The van der Waals surface area contributed by atoms with Crippen molar-refractivity contribution in [2.75, 3.05) is 6.61 Å². The van der Waals surface area contributed by atoms with E-state index in [0.29, 0.717) is 6.61 Å². The lowest BCUT2D eigenvalue weighted by atomic mass is 10.3. The van der Waals surface area contributed by atoms with Crippen LogP contribution in [0.3, 0.4) is 0 Å². The molecule has 3 aromatic rings. The molecule has 7 nitrogen and oxygen atoms in total. The Morgan fingerprint density at radius 2 is 2.42 bits per heavy atom. The molecule has 0 fully saturated rings. The predicted octanol–water partition coefficient (Wildman–Crippen LogP) is 1.32. The molecule has 96 valence electrons. The van der Waals surface area contributed by atoms with Crippen molar-refractivity contribution in [2.45, 2.75) is 6.92 Å². The molecular weight excluding hydrogens is 246 g/mol. The van der Waals surface area contributed by atoms with Gasteiger partial charge >= 0.3 is 5.97 Å². The lowest BCUT2D eigenvalue weighted by Gasteiger charge is -1.96. The number of rotatable bonds is 3. The van der Waals surface area contributed by atoms with Crippen LogP contribution in [0.4, 0.5) is 0 Å². The van der Waals surface area contributed by atoms with E-state index < -0.39 is 5.97 Å². The van der Waals surface area contributed by atoms with Gasteiger partial charge in [0.1, 0.15) is 5.65 Å². The Bertz CT molecular complexity index is 730. The van der Waals surface area contributed by atoms with E-state index in [4.69, 9.17) is 4.74 Å². The number of nitrogens with zero attached hydrogens (tertiary/aromatic N) is 4. The molecule has 0 bridgehead atoms. The average Bonchev–Trinajstić information content (AvgIpc) is 3.05. The van der Waals surface area contributed by atoms with E-state index in [9.17, 15) is 4.79 Å². The number of aromatic nitrogens is 5. The molecule has 0 atom stereocenters. The summed E-state index contributed by atoms with van der Waals surface area (Å²) in [6, 6.07) is 3.75. The highest BCUT2D eigenvalue weighted by atomic mass is 16.5. The minimum Gasteiger partial charge on any atom is -0.461 e. The maximum Gasteiger partial charge on any atom is 0.360 e. The summed E-state index contributed by atoms with van der Waals surface area (Å²) < 4.78 is 6.39. The van der Waals surface area contributed by atoms with Crippen LogP contribution >= 0.6 is 0 Å². The molecule has 3 heterocycles. The first-order valence-electron chi connectivity index (χ1n) is 5.81. The normalized spacial score (nSPS) is 10.8. The summed E-state index contributed by atoms with van der Waals surface area (Å²) >= 11 is 0. The highest BCUT2D eigenvalue weighted by Gasteiger charge is 2.14. The Morgan fingerprint density at radius 3 is 3.26 bits per heavy atom. The molecule has 0 radical (unpaired) electrons. The Balaban J connectivity index is 2.01. The maximum atomic E-state index is 11.5. The monoisotopic (exact) mass is 257 g/mol. The van der Waals surface area contributed by atoms with Crippen LogP contribution in [-0.4, -0.2) is 37.5 Å². The minimum atomic E-state index is -0.480. The number of hydrogen-bond acceptors (Lipinski definition) is 5. The first kappa shape index (κ1) is 11.4. The van der Waals surface area contributed by atoms with Crippen molar-refractivity contribution < 1.29 is 9.53 Å². The quantitative estimate of drug-likeness (QED) is 0.715. The number of nitrogens with one attached hydrogen (secondary N) is 1. The van der Waals surface area contributed by atoms with Crippen molar-refractivity contribution in [2.24, 2.45) is 0 Å². The van der Waals surface area contributed by atoms with Crippen molar-refractivity contribution in [3.05, 3.63) is 36.4 Å². The number of pyridine rings is 1. The molecule has 3 aromatic heterocycles. The van der Waals surface area contributed by atoms with E-state index in [2.05, 4.69) is 20.3 Å². The summed E-state index contributed by atoms with van der Waals surface area (Å²) in [7, 11) is 0. The Labute approximate surface area is 108 Å². The first-order chi connectivity index (χ1) is 9.29. The van der Waals surface area contributed by atoms with Crippen molar-refractivity contribution in [3.8, 4) is 5.69 Å². The SMILES string of the molecule is CCOC(=O)c1cn(-c2c[nH]c3ncccc23)nn1. The molecule has 0 aliphatic rings. The predicted molar refractivity (Wildman–Crippen MR) is 67.0 cm³/mol. The van der Waals surface area contributed by atoms with Gasteiger partial charge in [0.2, 0.25) is 0 Å². The van der Waals surface area contributed by atoms with Crippen molar-refractivity contribution in [1.82, 2.24) is 25.0 Å². The standard InChI is InChI=1S/C12H11N5O2/c1-2-19-12(18)9-7-17(16-15-9)10-6-14-11-8(10)4-3-5-13-11/h3-7H,2H2,1H3,(H,13,14). The highest BCUT2D eigenvalue weighted by molar-refractivity contribution is 5.88. The zero-order valence-electron chi connectivity index (χ0n) is 10.2. The Kier molecular flexibility index (Phi) is 2.71. The third kappa shape index (κ3) is 1.95. The smallest absolute Gasteiger partial charge is 0.360 e. The summed E-state index contributed by atoms with van der Waals surface area (Å²) in [4.78, 5) is 18.8. The van der Waals surface area contributed by atoms with Gasteiger partial charge in [0, 0.05) is 17.8 Å². The summed E-state index contributed by atoms with van der Waals surface area (Å²) in [6.07, 6.45) is 5.00. The van der Waals surface area contributed by atoms with Crippen LogP contribution in [0.25, 0.3) is 16.7 Å². The zero-order chi connectivity index (χ0) is 13.2. The fourth-order valence-corrected chi connectivity index (χ4v) is 1.81. The van der Waals surface area contributed by atoms with E-state index in [1.807, 2.05) is 12.1 Å². The fourth-order valence-electron chi connectivity index (χ4n) is 1.81. The van der Waals surface area contributed by atoms with Crippen molar-refractivity contribution in [1.29, 1.82) is 0 Å². The third-order valence-electron chi connectivity index (χ3n) is 2.65. The van der Waals surface area contributed by atoms with Gasteiger partial charge < -0.3 is 9.72 Å². The molecule has 0 unspecified atom stereocenters. The highest BCUT2D eigenvalue weighted by Crippen LogP contribution is 2.19. The van der Waals surface area contributed by atoms with Gasteiger partial charge in [-0.25, -0.2) is 14.5 Å². The second-order valence-corrected chi connectivity index (χ2v) is 3.84. The van der Waals surface area contributed by atoms with E-state index in [0.717, 1.165) is 16.7 Å². The van der Waals surface area contributed by atoms with Gasteiger partial charge in [-0.3, -0.25) is 0 Å². The van der Waals surface area contributed by atoms with Gasteiger partial charge in [-0.2, -0.15) is 0 Å². The average molecular weight is 257 g/mol. The zero-order valence-corrected chi connectivity index (χ0v) is 10.2. The van der Waals surface area contributed by atoms with Gasteiger partial charge in [-0.05, 0) is 19.1 Å². The van der Waals surface area contributed by atoms with E-state index in [1.165, 1.54) is 10.9 Å². The van der Waals surface area contributed by atoms with E-state index in [1.54, 1.807) is 19.3 Å². The van der Waals surface area contributed by atoms with Crippen LogP contribution in [0, 0.1) is 0 Å². The van der Waals surface area contributed by atoms with Crippen molar-refractivity contribution in [3.63, 3.8) is 0 Å². The van der Waals surface area contributed by atoms with Gasteiger partial charge in [-0.1, -0.05) is 5.21 Å². The molecule has 0 saturated carbocycles. The second-order valence-electron chi connectivity index (χ2n) is 3.84. The molecule has 0 aromatic carbocycles. The molecular formula is C12H11N5O2. The largest absolute Gasteiger partial charge is 0.461 e. The third-order valence-corrected chi connectivity index (χ3v) is 2.65. The summed E-state index contributed by atoms with van der Waals surface area (Å²) in [5.74, 6) is -0.480. The molecule has 3 rings (SSSR count). The summed E-state index contributed by atoms with van der Waals surface area (Å²) in [6.45, 7) is 2.05. The summed E-state index contributed by atoms with van der Waals surface area (Å²) in [5.41, 5.74) is 1.72. The van der Waals surface area contributed by atoms with Gasteiger partial charge in [-0.15, -0.1) is 5.10 Å². The Hall–Kier alpha value is -2.70. The molecule has 1 N–H and O–H groups in total. The van der Waals surface area contributed by atoms with Crippen molar-refractivity contribution >= 4 is 17.0 Å². The fraction of sp³-hybridized carbons (Fsp3) is 0.167. The number of ether oxygens (including phenoxy) is 1. The molecule has 0 aliphatic carbocycles. The first-order valence-corrected chi connectivity index (χ1v) is 5.81. The van der Waals surface area contributed by atoms with Gasteiger partial charge in [0.25, 0.3) is 0 Å². The lowest BCUT2D eigenvalue weighted by Crippen LogP contribution is -2.04. The van der Waals surface area contributed by atoms with Gasteiger partial charge in [0.05, 0.1) is 18.5 Å². The molecule has 0 saturated heterocycles. The van der Waals surface area contributed by atoms with Crippen LogP contribution in [0.2, 0.25) is 0 Å². The number of hydrogen-bond donors (Lipinski definition) is 1. The molecule has 19 heavy (non-hydrogen) atoms. The second kappa shape index (κ2) is 4.52. The lowest BCUT2D eigenvalue weighted by molar-refractivity contribution is 0.0519. The summed E-state index contributed by atoms with van der Waals surface area (Å²) in [5, 5.41) is 8.64. The van der Waals surface area contributed by atoms with Crippen LogP contribution in [0.5, 0.6) is 0 Å². The van der Waals surface area contributed by atoms with Gasteiger partial charge in [0.15, 0.2) is 5.69 Å². The van der Waals surface area contributed by atoms with E-state index >= 15 is 0 Å². The maximum absolute atomic E-state index is 11.5. The van der Waals surface area contributed by atoms with Crippen LogP contribution in [0.1, 0.15) is 17.4 Å². The van der Waals surface area contributed by atoms with Crippen LogP contribution in [-0.2, 0) is 4.74 Å². The number of fused-ring (bicyclic) bond motifs is 1. The van der Waals surface area contributed by atoms with E-state index in [-0.39, 0.29) is 5.69 Å². The van der Waals surface area contributed by atoms with Crippen LogP contribution < -0.4 is 0 Å². The molecule has 0 spiro atoms. The molecule has 0 aliphatic heterocycles. The number of H-pyrrole nitrogens is 1. The topological polar surface area (TPSA) is 85.7 Å². The number of esters is 1. The molecule has 7 heteroatoms. The number of aromatic amines is 1. The van der Waals surface area contributed by atoms with Crippen LogP contribution in [0.15, 0.2) is 30.7 Å².